The van der Waals surface area contributed by atoms with Crippen LogP contribution in [-0.4, -0.2) is 16.8 Å². The SMILES string of the molecule is CNC(c1cnn(C)c1)C1C2CC3CC(C2)CC1C3. The molecule has 0 aromatic carbocycles. The summed E-state index contributed by atoms with van der Waals surface area (Å²) in [7, 11) is 4.15. The van der Waals surface area contributed by atoms with Gasteiger partial charge in [0.15, 0.2) is 0 Å². The molecule has 0 aliphatic heterocycles. The first kappa shape index (κ1) is 12.0. The van der Waals surface area contributed by atoms with Crippen molar-refractivity contribution in [2.75, 3.05) is 7.05 Å². The molecule has 4 bridgehead atoms. The molecule has 3 heteroatoms. The summed E-state index contributed by atoms with van der Waals surface area (Å²) in [6.07, 6.45) is 11.8. The van der Waals surface area contributed by atoms with Crippen LogP contribution in [0.25, 0.3) is 0 Å². The minimum absolute atomic E-state index is 0.517. The summed E-state index contributed by atoms with van der Waals surface area (Å²) in [5, 5.41) is 7.98. The first-order valence-corrected chi connectivity index (χ1v) is 7.90. The second kappa shape index (κ2) is 4.34. The third-order valence-electron chi connectivity index (χ3n) is 6.08. The fourth-order valence-corrected chi connectivity index (χ4v) is 5.69. The molecule has 0 spiro atoms. The molecule has 4 aliphatic carbocycles. The lowest BCUT2D eigenvalue weighted by atomic mass is 9.50. The van der Waals surface area contributed by atoms with Crippen molar-refractivity contribution in [1.29, 1.82) is 0 Å². The average molecular weight is 259 g/mol. The van der Waals surface area contributed by atoms with Crippen molar-refractivity contribution in [3.63, 3.8) is 0 Å². The Morgan fingerprint density at radius 2 is 1.79 bits per heavy atom. The van der Waals surface area contributed by atoms with Crippen LogP contribution in [0.1, 0.15) is 43.7 Å². The highest BCUT2D eigenvalue weighted by Gasteiger charge is 2.50. The lowest BCUT2D eigenvalue weighted by Crippen LogP contribution is -2.49. The molecule has 1 aromatic heterocycles. The topological polar surface area (TPSA) is 29.9 Å². The third kappa shape index (κ3) is 1.85. The molecule has 4 aliphatic rings. The van der Waals surface area contributed by atoms with E-state index in [4.69, 9.17) is 0 Å². The highest BCUT2D eigenvalue weighted by molar-refractivity contribution is 5.15. The average Bonchev–Trinajstić information content (AvgIpc) is 2.79. The van der Waals surface area contributed by atoms with Gasteiger partial charge in [0.05, 0.1) is 6.20 Å². The van der Waals surface area contributed by atoms with E-state index in [-0.39, 0.29) is 0 Å². The second-order valence-corrected chi connectivity index (χ2v) is 7.22. The van der Waals surface area contributed by atoms with E-state index in [2.05, 4.69) is 29.9 Å². The Kier molecular flexibility index (Phi) is 2.73. The molecule has 0 radical (unpaired) electrons. The van der Waals surface area contributed by atoms with Gasteiger partial charge >= 0.3 is 0 Å². The number of aryl methyl sites for hydroxylation is 1. The van der Waals surface area contributed by atoms with Crippen LogP contribution < -0.4 is 5.32 Å². The Morgan fingerprint density at radius 3 is 2.26 bits per heavy atom. The normalized spacial score (nSPS) is 41.7. The monoisotopic (exact) mass is 259 g/mol. The molecule has 1 aromatic rings. The van der Waals surface area contributed by atoms with Crippen LogP contribution >= 0.6 is 0 Å². The summed E-state index contributed by atoms with van der Waals surface area (Å²) in [6.45, 7) is 0. The number of aromatic nitrogens is 2. The molecule has 1 N–H and O–H groups in total. The zero-order valence-electron chi connectivity index (χ0n) is 12.0. The zero-order chi connectivity index (χ0) is 13.0. The van der Waals surface area contributed by atoms with Crippen molar-refractivity contribution in [2.24, 2.45) is 36.6 Å². The first-order valence-electron chi connectivity index (χ1n) is 7.90. The number of hydrogen-bond donors (Lipinski definition) is 1. The van der Waals surface area contributed by atoms with E-state index in [1.165, 1.54) is 37.7 Å². The van der Waals surface area contributed by atoms with E-state index in [0.717, 1.165) is 29.6 Å². The molecule has 4 saturated carbocycles. The molecule has 1 heterocycles. The molecular formula is C16H25N3. The quantitative estimate of drug-likeness (QED) is 0.904. The van der Waals surface area contributed by atoms with Gasteiger partial charge in [0.1, 0.15) is 0 Å². The summed E-state index contributed by atoms with van der Waals surface area (Å²) in [5.74, 6) is 4.90. The van der Waals surface area contributed by atoms with E-state index in [1.54, 1.807) is 0 Å². The third-order valence-corrected chi connectivity index (χ3v) is 6.08. The minimum Gasteiger partial charge on any atom is -0.313 e. The van der Waals surface area contributed by atoms with E-state index >= 15 is 0 Å². The van der Waals surface area contributed by atoms with Crippen LogP contribution in [0.2, 0.25) is 0 Å². The van der Waals surface area contributed by atoms with Crippen LogP contribution in [0.5, 0.6) is 0 Å². The summed E-state index contributed by atoms with van der Waals surface area (Å²) in [4.78, 5) is 0. The number of nitrogens with zero attached hydrogens (tertiary/aromatic N) is 2. The Hall–Kier alpha value is -0.830. The van der Waals surface area contributed by atoms with Crippen molar-refractivity contribution in [2.45, 2.75) is 38.1 Å². The molecule has 0 amide bonds. The number of hydrogen-bond acceptors (Lipinski definition) is 2. The Labute approximate surface area is 115 Å². The maximum Gasteiger partial charge on any atom is 0.0537 e. The van der Waals surface area contributed by atoms with E-state index in [9.17, 15) is 0 Å². The molecule has 19 heavy (non-hydrogen) atoms. The van der Waals surface area contributed by atoms with Crippen molar-refractivity contribution in [3.8, 4) is 0 Å². The van der Waals surface area contributed by atoms with E-state index < -0.39 is 0 Å². The van der Waals surface area contributed by atoms with E-state index in [1.807, 2.05) is 11.7 Å². The van der Waals surface area contributed by atoms with Crippen molar-refractivity contribution in [3.05, 3.63) is 18.0 Å². The summed E-state index contributed by atoms with van der Waals surface area (Å²) in [5.41, 5.74) is 1.39. The Bertz CT molecular complexity index is 436. The van der Waals surface area contributed by atoms with Gasteiger partial charge in [-0.25, -0.2) is 0 Å². The molecule has 5 rings (SSSR count). The van der Waals surface area contributed by atoms with Gasteiger partial charge in [0.25, 0.3) is 0 Å². The van der Waals surface area contributed by atoms with Gasteiger partial charge in [-0.1, -0.05) is 0 Å². The van der Waals surface area contributed by atoms with Crippen LogP contribution in [0.3, 0.4) is 0 Å². The fourth-order valence-electron chi connectivity index (χ4n) is 5.69. The molecular weight excluding hydrogens is 234 g/mol. The second-order valence-electron chi connectivity index (χ2n) is 7.22. The zero-order valence-corrected chi connectivity index (χ0v) is 12.0. The predicted molar refractivity (Wildman–Crippen MR) is 75.5 cm³/mol. The van der Waals surface area contributed by atoms with Crippen LogP contribution in [0.15, 0.2) is 12.4 Å². The molecule has 1 unspecified atom stereocenters. The van der Waals surface area contributed by atoms with Gasteiger partial charge in [-0.15, -0.1) is 0 Å². The first-order chi connectivity index (χ1) is 9.24. The van der Waals surface area contributed by atoms with Gasteiger partial charge in [0.2, 0.25) is 0 Å². The van der Waals surface area contributed by atoms with Gasteiger partial charge in [0, 0.05) is 24.8 Å². The molecule has 3 nitrogen and oxygen atoms in total. The highest BCUT2D eigenvalue weighted by Crippen LogP contribution is 2.59. The summed E-state index contributed by atoms with van der Waals surface area (Å²) in [6, 6.07) is 0.517. The maximum atomic E-state index is 4.37. The predicted octanol–water partition coefficient (Wildman–Crippen LogP) is 2.75. The molecule has 4 fully saturated rings. The van der Waals surface area contributed by atoms with Gasteiger partial charge in [-0.3, -0.25) is 4.68 Å². The Morgan fingerprint density at radius 1 is 1.16 bits per heavy atom. The standard InChI is InChI=1S/C16H25N3/c1-17-16(14-8-18-19(2)9-14)15-12-4-10-3-11(6-12)7-13(15)5-10/h8-13,15-17H,3-7H2,1-2H3. The van der Waals surface area contributed by atoms with Crippen molar-refractivity contribution in [1.82, 2.24) is 15.1 Å². The van der Waals surface area contributed by atoms with E-state index in [0.29, 0.717) is 6.04 Å². The minimum atomic E-state index is 0.517. The van der Waals surface area contributed by atoms with Crippen molar-refractivity contribution >= 4 is 0 Å². The largest absolute Gasteiger partial charge is 0.313 e. The van der Waals surface area contributed by atoms with Gasteiger partial charge < -0.3 is 5.32 Å². The van der Waals surface area contributed by atoms with Crippen molar-refractivity contribution < 1.29 is 0 Å². The fraction of sp³-hybridized carbons (Fsp3) is 0.812. The maximum absolute atomic E-state index is 4.37. The van der Waals surface area contributed by atoms with Crippen LogP contribution in [0.4, 0.5) is 0 Å². The number of nitrogens with one attached hydrogen (secondary N) is 1. The molecule has 1 atom stereocenters. The van der Waals surface area contributed by atoms with Crippen LogP contribution in [-0.2, 0) is 7.05 Å². The Balaban J connectivity index is 1.63. The van der Waals surface area contributed by atoms with Gasteiger partial charge in [-0.2, -0.15) is 5.10 Å². The number of rotatable bonds is 3. The van der Waals surface area contributed by atoms with Gasteiger partial charge in [-0.05, 0) is 68.7 Å². The lowest BCUT2D eigenvalue weighted by molar-refractivity contribution is -0.0515. The molecule has 104 valence electrons. The smallest absolute Gasteiger partial charge is 0.0537 e. The highest BCUT2D eigenvalue weighted by atomic mass is 15.2. The summed E-state index contributed by atoms with van der Waals surface area (Å²) >= 11 is 0. The lowest BCUT2D eigenvalue weighted by Gasteiger charge is -2.56. The molecule has 0 saturated heterocycles. The summed E-state index contributed by atoms with van der Waals surface area (Å²) < 4.78 is 1.94. The van der Waals surface area contributed by atoms with Crippen LogP contribution in [0, 0.1) is 29.6 Å².